The van der Waals surface area contributed by atoms with Crippen LogP contribution in [-0.2, 0) is 13.6 Å². The van der Waals surface area contributed by atoms with Crippen LogP contribution in [0.15, 0.2) is 42.6 Å². The van der Waals surface area contributed by atoms with Gasteiger partial charge in [0.05, 0.1) is 16.7 Å². The minimum atomic E-state index is 0.165. The molecule has 32 heavy (non-hydrogen) atoms. The molecule has 3 fully saturated rings. The Morgan fingerprint density at radius 3 is 2.81 bits per heavy atom. The van der Waals surface area contributed by atoms with E-state index in [0.29, 0.717) is 12.0 Å². The first-order chi connectivity index (χ1) is 15.7. The fourth-order valence-electron chi connectivity index (χ4n) is 5.92. The van der Waals surface area contributed by atoms with E-state index >= 15 is 0 Å². The zero-order chi connectivity index (χ0) is 21.4. The van der Waals surface area contributed by atoms with Crippen LogP contribution in [0.4, 0.5) is 0 Å². The summed E-state index contributed by atoms with van der Waals surface area (Å²) in [5.74, 6) is 2.54. The van der Waals surface area contributed by atoms with Crippen molar-refractivity contribution < 1.29 is 4.79 Å². The molecule has 4 aromatic rings. The normalized spacial score (nSPS) is 22.5. The van der Waals surface area contributed by atoms with Crippen LogP contribution in [0, 0.1) is 11.8 Å². The molecule has 1 aromatic carbocycles. The highest BCUT2D eigenvalue weighted by Crippen LogP contribution is 2.39. The molecule has 1 saturated heterocycles. The number of aryl methyl sites for hydroxylation is 1. The van der Waals surface area contributed by atoms with Gasteiger partial charge in [0.1, 0.15) is 5.65 Å². The third kappa shape index (κ3) is 2.74. The average Bonchev–Trinajstić information content (AvgIpc) is 3.14. The SMILES string of the molecule is Cn1c(-c2cc3cccnc3n2CC2CC2)nc2cc(C(=O)N3CC4CCC3C4)ccc21. The monoisotopic (exact) mass is 425 g/mol. The van der Waals surface area contributed by atoms with Gasteiger partial charge in [0.2, 0.25) is 0 Å². The van der Waals surface area contributed by atoms with Crippen LogP contribution in [0.1, 0.15) is 42.5 Å². The first-order valence-corrected chi connectivity index (χ1v) is 11.9. The van der Waals surface area contributed by atoms with Crippen LogP contribution < -0.4 is 0 Å². The maximum absolute atomic E-state index is 13.2. The summed E-state index contributed by atoms with van der Waals surface area (Å²) in [6, 6.07) is 12.8. The molecule has 2 aliphatic carbocycles. The number of carbonyl (C=O) groups excluding carboxylic acids is 1. The molecule has 2 unspecified atom stereocenters. The lowest BCUT2D eigenvalue weighted by Crippen LogP contribution is -2.37. The molecule has 0 radical (unpaired) electrons. The number of nitrogens with zero attached hydrogens (tertiary/aromatic N) is 5. The van der Waals surface area contributed by atoms with Crippen LogP contribution in [-0.4, -0.2) is 42.5 Å². The Kier molecular flexibility index (Phi) is 3.84. The zero-order valence-corrected chi connectivity index (χ0v) is 18.4. The largest absolute Gasteiger partial charge is 0.335 e. The van der Waals surface area contributed by atoms with E-state index in [4.69, 9.17) is 4.98 Å². The van der Waals surface area contributed by atoms with E-state index in [-0.39, 0.29) is 5.91 Å². The lowest BCUT2D eigenvalue weighted by molar-refractivity contribution is 0.0704. The van der Waals surface area contributed by atoms with Crippen LogP contribution >= 0.6 is 0 Å². The second-order valence-corrected chi connectivity index (χ2v) is 9.99. The Balaban J connectivity index is 1.31. The number of hydrogen-bond acceptors (Lipinski definition) is 3. The summed E-state index contributed by atoms with van der Waals surface area (Å²) in [4.78, 5) is 25.0. The predicted octanol–water partition coefficient (Wildman–Crippen LogP) is 4.62. The number of pyridine rings is 1. The smallest absolute Gasteiger partial charge is 0.254 e. The van der Waals surface area contributed by atoms with Crippen molar-refractivity contribution in [1.29, 1.82) is 0 Å². The van der Waals surface area contributed by atoms with E-state index < -0.39 is 0 Å². The molecule has 4 heterocycles. The summed E-state index contributed by atoms with van der Waals surface area (Å²) in [5.41, 5.74) is 4.83. The molecule has 3 aromatic heterocycles. The van der Waals surface area contributed by atoms with Crippen molar-refractivity contribution >= 4 is 28.0 Å². The van der Waals surface area contributed by atoms with Gasteiger partial charge in [-0.15, -0.1) is 0 Å². The van der Waals surface area contributed by atoms with Crippen molar-refractivity contribution in [2.45, 2.75) is 44.7 Å². The third-order valence-electron chi connectivity index (χ3n) is 7.82. The number of likely N-dealkylation sites (tertiary alicyclic amines) is 1. The van der Waals surface area contributed by atoms with E-state index in [2.05, 4.69) is 44.3 Å². The molecule has 0 N–H and O–H groups in total. The Bertz CT molecular complexity index is 1380. The molecule has 1 amide bonds. The summed E-state index contributed by atoms with van der Waals surface area (Å²) >= 11 is 0. The fourth-order valence-corrected chi connectivity index (χ4v) is 5.92. The highest BCUT2D eigenvalue weighted by atomic mass is 16.2. The number of imidazole rings is 1. The van der Waals surface area contributed by atoms with Gasteiger partial charge in [-0.3, -0.25) is 4.79 Å². The maximum atomic E-state index is 13.2. The second-order valence-electron chi connectivity index (χ2n) is 9.99. The Morgan fingerprint density at radius 1 is 1.12 bits per heavy atom. The van der Waals surface area contributed by atoms with E-state index in [1.807, 2.05) is 24.4 Å². The van der Waals surface area contributed by atoms with Gasteiger partial charge in [-0.2, -0.15) is 0 Å². The van der Waals surface area contributed by atoms with Gasteiger partial charge in [0.25, 0.3) is 5.91 Å². The van der Waals surface area contributed by atoms with Gasteiger partial charge in [-0.05, 0) is 80.3 Å². The number of aromatic nitrogens is 4. The number of amides is 1. The first-order valence-electron chi connectivity index (χ1n) is 11.9. The Hall–Kier alpha value is -3.15. The van der Waals surface area contributed by atoms with Crippen molar-refractivity contribution in [1.82, 2.24) is 24.0 Å². The van der Waals surface area contributed by atoms with E-state index in [1.165, 1.54) is 25.7 Å². The van der Waals surface area contributed by atoms with Gasteiger partial charge in [-0.25, -0.2) is 9.97 Å². The van der Waals surface area contributed by atoms with Gasteiger partial charge in [0.15, 0.2) is 5.82 Å². The molecule has 3 aliphatic rings. The van der Waals surface area contributed by atoms with Crippen molar-refractivity contribution in [3.63, 3.8) is 0 Å². The molecule has 2 bridgehead atoms. The van der Waals surface area contributed by atoms with Crippen LogP contribution in [0.5, 0.6) is 0 Å². The number of fused-ring (bicyclic) bond motifs is 4. The summed E-state index contributed by atoms with van der Waals surface area (Å²) in [6.07, 6.45) is 8.07. The molecule has 6 heteroatoms. The topological polar surface area (TPSA) is 56.0 Å². The average molecular weight is 426 g/mol. The van der Waals surface area contributed by atoms with Gasteiger partial charge >= 0.3 is 0 Å². The zero-order valence-electron chi connectivity index (χ0n) is 18.4. The molecule has 1 aliphatic heterocycles. The van der Waals surface area contributed by atoms with Crippen molar-refractivity contribution in [2.24, 2.45) is 18.9 Å². The number of hydrogen-bond donors (Lipinski definition) is 0. The molecule has 6 nitrogen and oxygen atoms in total. The Morgan fingerprint density at radius 2 is 2.03 bits per heavy atom. The molecular formula is C26H27N5O. The first kappa shape index (κ1) is 18.4. The van der Waals surface area contributed by atoms with Gasteiger partial charge < -0.3 is 14.0 Å². The summed E-state index contributed by atoms with van der Waals surface area (Å²) < 4.78 is 4.49. The lowest BCUT2D eigenvalue weighted by atomic mass is 10.1. The third-order valence-corrected chi connectivity index (χ3v) is 7.82. The minimum absolute atomic E-state index is 0.165. The van der Waals surface area contributed by atoms with Gasteiger partial charge in [0, 0.05) is 43.3 Å². The fraction of sp³-hybridized carbons (Fsp3) is 0.423. The van der Waals surface area contributed by atoms with Crippen molar-refractivity contribution in [2.75, 3.05) is 6.54 Å². The Labute approximate surface area is 186 Å². The number of piperidine rings is 1. The molecule has 7 rings (SSSR count). The minimum Gasteiger partial charge on any atom is -0.335 e. The summed E-state index contributed by atoms with van der Waals surface area (Å²) in [6.45, 7) is 1.91. The lowest BCUT2D eigenvalue weighted by Gasteiger charge is -2.27. The van der Waals surface area contributed by atoms with E-state index in [9.17, 15) is 4.79 Å². The number of carbonyl (C=O) groups is 1. The van der Waals surface area contributed by atoms with Crippen LogP contribution in [0.3, 0.4) is 0 Å². The molecule has 162 valence electrons. The van der Waals surface area contributed by atoms with E-state index in [0.717, 1.165) is 64.6 Å². The van der Waals surface area contributed by atoms with Crippen LogP contribution in [0.2, 0.25) is 0 Å². The van der Waals surface area contributed by atoms with Crippen LogP contribution in [0.25, 0.3) is 33.6 Å². The highest BCUT2D eigenvalue weighted by Gasteiger charge is 2.40. The van der Waals surface area contributed by atoms with Gasteiger partial charge in [-0.1, -0.05) is 0 Å². The molecule has 0 spiro atoms. The molecule has 2 atom stereocenters. The van der Waals surface area contributed by atoms with Crippen molar-refractivity contribution in [3.8, 4) is 11.5 Å². The maximum Gasteiger partial charge on any atom is 0.254 e. The van der Waals surface area contributed by atoms with Crippen molar-refractivity contribution in [3.05, 3.63) is 48.2 Å². The quantitative estimate of drug-likeness (QED) is 0.479. The highest BCUT2D eigenvalue weighted by molar-refractivity contribution is 5.98. The molecule has 2 saturated carbocycles. The standard InChI is InChI=1S/C26H27N5O/c1-29-22-9-7-19(26(32)30-15-17-6-8-20(30)11-17)12-21(22)28-25(29)23-13-18-3-2-10-27-24(18)31(23)14-16-4-5-16/h2-3,7,9-10,12-13,16-17,20H,4-6,8,11,14-15H2,1H3. The number of benzene rings is 1. The summed E-state index contributed by atoms with van der Waals surface area (Å²) in [5, 5.41) is 1.15. The second kappa shape index (κ2) is 6.67. The molecular weight excluding hydrogens is 398 g/mol. The van der Waals surface area contributed by atoms with E-state index in [1.54, 1.807) is 0 Å². The number of rotatable bonds is 4. The predicted molar refractivity (Wildman–Crippen MR) is 124 cm³/mol. The summed E-state index contributed by atoms with van der Waals surface area (Å²) in [7, 11) is 2.07.